The van der Waals surface area contributed by atoms with Crippen LogP contribution in [0.4, 0.5) is 4.79 Å². The van der Waals surface area contributed by atoms with Crippen molar-refractivity contribution in [2.24, 2.45) is 0 Å². The number of benzene rings is 1. The smallest absolute Gasteiger partial charge is 0.293 e. The summed E-state index contributed by atoms with van der Waals surface area (Å²) in [5, 5.41) is 10.5. The molecule has 0 spiro atoms. The molecule has 0 aliphatic carbocycles. The van der Waals surface area contributed by atoms with Gasteiger partial charge < -0.3 is 9.90 Å². The molecule has 0 unspecified atom stereocenters. The first-order valence-electron chi connectivity index (χ1n) is 5.29. The molecule has 0 N–H and O–H groups in total. The van der Waals surface area contributed by atoms with Crippen LogP contribution in [0.15, 0.2) is 23.1 Å². The van der Waals surface area contributed by atoms with E-state index in [0.717, 1.165) is 0 Å². The van der Waals surface area contributed by atoms with E-state index in [-0.39, 0.29) is 4.91 Å². The second-order valence-corrected chi connectivity index (χ2v) is 5.58. The number of rotatable bonds is 3. The molecule has 2 rings (SSSR count). The van der Waals surface area contributed by atoms with Gasteiger partial charge in [0.25, 0.3) is 11.1 Å². The zero-order valence-corrected chi connectivity index (χ0v) is 12.1. The molecular weight excluding hydrogens is 325 g/mol. The zero-order chi connectivity index (χ0) is 14.9. The maximum absolute atomic E-state index is 11.9. The first-order chi connectivity index (χ1) is 9.40. The Morgan fingerprint density at radius 3 is 2.45 bits per heavy atom. The summed E-state index contributed by atoms with van der Waals surface area (Å²) >= 11 is 12.5. The Labute approximate surface area is 128 Å². The first kappa shape index (κ1) is 14.9. The summed E-state index contributed by atoms with van der Waals surface area (Å²) in [6, 6.07) is 4.82. The molecule has 1 aliphatic rings. The zero-order valence-electron chi connectivity index (χ0n) is 9.76. The molecule has 0 aromatic heterocycles. The third-order valence-electron chi connectivity index (χ3n) is 2.44. The Bertz CT molecular complexity index is 624. The van der Waals surface area contributed by atoms with Crippen molar-refractivity contribution in [2.45, 2.75) is 0 Å². The number of halogens is 2. The highest BCUT2D eigenvalue weighted by molar-refractivity contribution is 8.18. The summed E-state index contributed by atoms with van der Waals surface area (Å²) in [4.78, 5) is 34.6. The Kier molecular flexibility index (Phi) is 4.37. The van der Waals surface area contributed by atoms with Crippen LogP contribution in [0.25, 0.3) is 6.08 Å². The van der Waals surface area contributed by atoms with Gasteiger partial charge >= 0.3 is 0 Å². The average molecular weight is 331 g/mol. The Morgan fingerprint density at radius 2 is 1.90 bits per heavy atom. The molecule has 1 aromatic carbocycles. The number of carboxylic acids is 1. The van der Waals surface area contributed by atoms with Gasteiger partial charge in [-0.15, -0.1) is 0 Å². The van der Waals surface area contributed by atoms with E-state index >= 15 is 0 Å². The highest BCUT2D eigenvalue weighted by Crippen LogP contribution is 2.35. The molecule has 1 saturated heterocycles. The predicted molar refractivity (Wildman–Crippen MR) is 74.1 cm³/mol. The summed E-state index contributed by atoms with van der Waals surface area (Å²) in [6.07, 6.45) is 1.37. The summed E-state index contributed by atoms with van der Waals surface area (Å²) in [5.74, 6) is -2.22. The molecule has 0 atom stereocenters. The van der Waals surface area contributed by atoms with Gasteiger partial charge in [-0.1, -0.05) is 29.3 Å². The monoisotopic (exact) mass is 330 g/mol. The van der Waals surface area contributed by atoms with E-state index in [2.05, 4.69) is 0 Å². The van der Waals surface area contributed by atoms with Crippen LogP contribution in [0, 0.1) is 0 Å². The largest absolute Gasteiger partial charge is 0.548 e. The highest BCUT2D eigenvalue weighted by atomic mass is 35.5. The van der Waals surface area contributed by atoms with Crippen molar-refractivity contribution in [3.05, 3.63) is 38.7 Å². The van der Waals surface area contributed by atoms with E-state index in [1.807, 2.05) is 0 Å². The summed E-state index contributed by atoms with van der Waals surface area (Å²) in [6.45, 7) is -0.780. The first-order valence-corrected chi connectivity index (χ1v) is 6.86. The van der Waals surface area contributed by atoms with Crippen molar-refractivity contribution < 1.29 is 19.5 Å². The molecular formula is C12H6Cl2NO4S-. The second-order valence-electron chi connectivity index (χ2n) is 3.78. The topological polar surface area (TPSA) is 77.5 Å². The lowest BCUT2D eigenvalue weighted by molar-refractivity contribution is -0.305. The van der Waals surface area contributed by atoms with E-state index < -0.39 is 23.7 Å². The van der Waals surface area contributed by atoms with Crippen LogP contribution in [0.3, 0.4) is 0 Å². The minimum Gasteiger partial charge on any atom is -0.548 e. The van der Waals surface area contributed by atoms with E-state index in [0.29, 0.717) is 32.3 Å². The van der Waals surface area contributed by atoms with Crippen molar-refractivity contribution in [1.82, 2.24) is 4.90 Å². The van der Waals surface area contributed by atoms with Crippen LogP contribution in [0.1, 0.15) is 5.56 Å². The van der Waals surface area contributed by atoms with Gasteiger partial charge in [0.1, 0.15) is 0 Å². The lowest BCUT2D eigenvalue weighted by atomic mass is 10.2. The maximum Gasteiger partial charge on any atom is 0.293 e. The number of carbonyl (C=O) groups excluding carboxylic acids is 3. The standard InChI is InChI=1S/C12H7Cl2NO4S/c13-7-2-1-3-8(14)6(7)4-9-11(18)15(5-10(16)17)12(19)20-9/h1-4H,5H2,(H,16,17)/p-1. The molecule has 0 bridgehead atoms. The number of amides is 2. The van der Waals surface area contributed by atoms with Crippen LogP contribution in [0.2, 0.25) is 10.0 Å². The fourth-order valence-corrected chi connectivity index (χ4v) is 2.87. The van der Waals surface area contributed by atoms with Gasteiger partial charge in [-0.3, -0.25) is 14.5 Å². The van der Waals surface area contributed by atoms with E-state index in [4.69, 9.17) is 23.2 Å². The number of imide groups is 1. The fourth-order valence-electron chi connectivity index (χ4n) is 1.55. The van der Waals surface area contributed by atoms with Gasteiger partial charge in [0.15, 0.2) is 0 Å². The SMILES string of the molecule is O=C([O-])CN1C(=O)SC(=Cc2c(Cl)cccc2Cl)C1=O. The van der Waals surface area contributed by atoms with Crippen molar-refractivity contribution in [3.63, 3.8) is 0 Å². The summed E-state index contributed by atoms with van der Waals surface area (Å²) in [5.41, 5.74) is 0.398. The fraction of sp³-hybridized carbons (Fsp3) is 0.0833. The molecule has 1 fully saturated rings. The maximum atomic E-state index is 11.9. The Hall–Kier alpha value is -1.50. The van der Waals surface area contributed by atoms with E-state index in [1.54, 1.807) is 18.2 Å². The van der Waals surface area contributed by atoms with Gasteiger partial charge in [0, 0.05) is 15.6 Å². The number of aliphatic carboxylic acids is 1. The molecule has 104 valence electrons. The third kappa shape index (κ3) is 2.98. The number of carboxylic acid groups (broad SMARTS) is 1. The number of thioether (sulfide) groups is 1. The third-order valence-corrected chi connectivity index (χ3v) is 4.00. The van der Waals surface area contributed by atoms with Gasteiger partial charge in [0.05, 0.1) is 17.4 Å². The molecule has 0 saturated carbocycles. The molecule has 1 aliphatic heterocycles. The van der Waals surface area contributed by atoms with Gasteiger partial charge in [-0.25, -0.2) is 0 Å². The van der Waals surface area contributed by atoms with Crippen LogP contribution >= 0.6 is 35.0 Å². The lowest BCUT2D eigenvalue weighted by Crippen LogP contribution is -2.40. The number of carbonyl (C=O) groups is 3. The molecule has 1 aromatic rings. The molecule has 8 heteroatoms. The van der Waals surface area contributed by atoms with Crippen LogP contribution in [-0.4, -0.2) is 28.6 Å². The minimum atomic E-state index is -1.51. The normalized spacial score (nSPS) is 17.1. The minimum absolute atomic E-state index is 0.0613. The molecule has 5 nitrogen and oxygen atoms in total. The van der Waals surface area contributed by atoms with E-state index in [1.165, 1.54) is 6.08 Å². The van der Waals surface area contributed by atoms with Gasteiger partial charge in [0.2, 0.25) is 0 Å². The Morgan fingerprint density at radius 1 is 1.30 bits per heavy atom. The lowest BCUT2D eigenvalue weighted by Gasteiger charge is -2.12. The van der Waals surface area contributed by atoms with Crippen LogP contribution in [0.5, 0.6) is 0 Å². The number of hydrogen-bond donors (Lipinski definition) is 0. The number of hydrogen-bond acceptors (Lipinski definition) is 5. The quantitative estimate of drug-likeness (QED) is 0.789. The van der Waals surface area contributed by atoms with Crippen LogP contribution in [-0.2, 0) is 9.59 Å². The summed E-state index contributed by atoms with van der Waals surface area (Å²) < 4.78 is 0. The predicted octanol–water partition coefficient (Wildman–Crippen LogP) is 1.78. The van der Waals surface area contributed by atoms with Crippen molar-refractivity contribution in [2.75, 3.05) is 6.54 Å². The molecule has 0 radical (unpaired) electrons. The second kappa shape index (κ2) is 5.87. The average Bonchev–Trinajstić information content (AvgIpc) is 2.61. The van der Waals surface area contributed by atoms with Crippen molar-refractivity contribution in [3.8, 4) is 0 Å². The van der Waals surface area contributed by atoms with Gasteiger partial charge in [-0.05, 0) is 30.0 Å². The van der Waals surface area contributed by atoms with E-state index in [9.17, 15) is 19.5 Å². The molecule has 20 heavy (non-hydrogen) atoms. The van der Waals surface area contributed by atoms with Crippen molar-refractivity contribution >= 4 is 58.2 Å². The summed E-state index contributed by atoms with van der Waals surface area (Å²) in [7, 11) is 0. The van der Waals surface area contributed by atoms with Crippen molar-refractivity contribution in [1.29, 1.82) is 0 Å². The highest BCUT2D eigenvalue weighted by Gasteiger charge is 2.35. The Balaban J connectivity index is 2.35. The number of nitrogens with zero attached hydrogens (tertiary/aromatic N) is 1. The van der Waals surface area contributed by atoms with Gasteiger partial charge in [-0.2, -0.15) is 0 Å². The van der Waals surface area contributed by atoms with Crippen LogP contribution < -0.4 is 5.11 Å². The molecule has 2 amide bonds. The molecule has 1 heterocycles.